The first-order valence-electron chi connectivity index (χ1n) is 6.52. The van der Waals surface area contributed by atoms with E-state index in [1.165, 1.54) is 0 Å². The van der Waals surface area contributed by atoms with Gasteiger partial charge in [0.25, 0.3) is 0 Å². The van der Waals surface area contributed by atoms with Gasteiger partial charge in [0.1, 0.15) is 0 Å². The topological polar surface area (TPSA) is 64.2 Å². The molecule has 0 unspecified atom stereocenters. The standard InChI is InChI=1S/C13H24N2O3Si/c1-7-17-12(16)11-8-10(14-15-11)9-18-19(5,6)13(2,3)4/h8H,7,9H2,1-6H3,(H,14,15). The molecule has 0 fully saturated rings. The van der Waals surface area contributed by atoms with Crippen molar-refractivity contribution in [2.45, 2.75) is 52.4 Å². The minimum atomic E-state index is -1.78. The van der Waals surface area contributed by atoms with Crippen LogP contribution in [0.1, 0.15) is 43.9 Å². The second-order valence-electron chi connectivity index (χ2n) is 6.05. The third-order valence-electron chi connectivity index (χ3n) is 3.51. The van der Waals surface area contributed by atoms with Crippen molar-refractivity contribution in [3.63, 3.8) is 0 Å². The van der Waals surface area contributed by atoms with Crippen LogP contribution in [-0.2, 0) is 15.8 Å². The fourth-order valence-corrected chi connectivity index (χ4v) is 2.17. The van der Waals surface area contributed by atoms with E-state index in [0.29, 0.717) is 18.9 Å². The number of nitrogens with zero attached hydrogens (tertiary/aromatic N) is 1. The largest absolute Gasteiger partial charge is 0.461 e. The molecule has 19 heavy (non-hydrogen) atoms. The molecule has 0 aliphatic rings. The highest BCUT2D eigenvalue weighted by molar-refractivity contribution is 6.74. The van der Waals surface area contributed by atoms with Gasteiger partial charge in [0.15, 0.2) is 14.0 Å². The van der Waals surface area contributed by atoms with Crippen LogP contribution < -0.4 is 0 Å². The van der Waals surface area contributed by atoms with Gasteiger partial charge in [0.2, 0.25) is 0 Å². The van der Waals surface area contributed by atoms with Crippen molar-refractivity contribution in [2.24, 2.45) is 0 Å². The summed E-state index contributed by atoms with van der Waals surface area (Å²) in [6, 6.07) is 1.69. The maximum atomic E-state index is 11.5. The van der Waals surface area contributed by atoms with Gasteiger partial charge in [-0.1, -0.05) is 20.8 Å². The minimum Gasteiger partial charge on any atom is -0.461 e. The predicted octanol–water partition coefficient (Wildman–Crippen LogP) is 3.11. The Kier molecular flexibility index (Phi) is 4.92. The summed E-state index contributed by atoms with van der Waals surface area (Å²) in [5.41, 5.74) is 1.10. The Balaban J connectivity index is 2.63. The zero-order valence-corrected chi connectivity index (χ0v) is 13.7. The van der Waals surface area contributed by atoms with Crippen LogP contribution >= 0.6 is 0 Å². The van der Waals surface area contributed by atoms with E-state index in [1.807, 2.05) is 0 Å². The third kappa shape index (κ3) is 4.17. The number of aromatic amines is 1. The SMILES string of the molecule is CCOC(=O)c1cc(CO[Si](C)(C)C(C)(C)C)[nH]n1. The Morgan fingerprint density at radius 2 is 2.05 bits per heavy atom. The molecule has 0 bridgehead atoms. The lowest BCUT2D eigenvalue weighted by Crippen LogP contribution is -2.40. The fraction of sp³-hybridized carbons (Fsp3) is 0.692. The highest BCUT2D eigenvalue weighted by atomic mass is 28.4. The molecule has 6 heteroatoms. The Morgan fingerprint density at radius 3 is 2.58 bits per heavy atom. The number of ether oxygens (including phenoxy) is 1. The summed E-state index contributed by atoms with van der Waals surface area (Å²) in [6.07, 6.45) is 0. The van der Waals surface area contributed by atoms with Gasteiger partial charge < -0.3 is 9.16 Å². The summed E-state index contributed by atoms with van der Waals surface area (Å²) >= 11 is 0. The molecule has 0 saturated heterocycles. The first-order valence-corrected chi connectivity index (χ1v) is 9.43. The highest BCUT2D eigenvalue weighted by Gasteiger charge is 2.37. The molecule has 0 spiro atoms. The number of hydrogen-bond acceptors (Lipinski definition) is 4. The van der Waals surface area contributed by atoms with Gasteiger partial charge in [-0.15, -0.1) is 0 Å². The van der Waals surface area contributed by atoms with Crippen molar-refractivity contribution in [1.29, 1.82) is 0 Å². The number of carbonyl (C=O) groups is 1. The van der Waals surface area contributed by atoms with Crippen molar-refractivity contribution in [3.05, 3.63) is 17.5 Å². The summed E-state index contributed by atoms with van der Waals surface area (Å²) in [4.78, 5) is 11.5. The van der Waals surface area contributed by atoms with E-state index in [2.05, 4.69) is 44.1 Å². The van der Waals surface area contributed by atoms with E-state index >= 15 is 0 Å². The molecular weight excluding hydrogens is 260 g/mol. The second kappa shape index (κ2) is 5.88. The van der Waals surface area contributed by atoms with Gasteiger partial charge >= 0.3 is 5.97 Å². The van der Waals surface area contributed by atoms with Gasteiger partial charge in [0.05, 0.1) is 18.9 Å². The number of esters is 1. The number of carbonyl (C=O) groups excluding carboxylic acids is 1. The summed E-state index contributed by atoms with van der Waals surface area (Å²) in [6.45, 7) is 13.5. The predicted molar refractivity (Wildman–Crippen MR) is 76.5 cm³/mol. The third-order valence-corrected chi connectivity index (χ3v) is 7.99. The van der Waals surface area contributed by atoms with E-state index in [-0.39, 0.29) is 5.04 Å². The lowest BCUT2D eigenvalue weighted by atomic mass is 10.2. The van der Waals surface area contributed by atoms with Crippen molar-refractivity contribution < 1.29 is 14.0 Å². The summed E-state index contributed by atoms with van der Waals surface area (Å²) < 4.78 is 10.9. The Labute approximate surface area is 115 Å². The van der Waals surface area contributed by atoms with Crippen LogP contribution in [0, 0.1) is 0 Å². The van der Waals surface area contributed by atoms with Crippen LogP contribution in [-0.4, -0.2) is 31.1 Å². The molecule has 1 N–H and O–H groups in total. The van der Waals surface area contributed by atoms with Gasteiger partial charge in [-0.05, 0) is 31.1 Å². The molecule has 0 saturated carbocycles. The number of rotatable bonds is 5. The lowest BCUT2D eigenvalue weighted by Gasteiger charge is -2.35. The molecule has 1 rings (SSSR count). The molecule has 0 aliphatic heterocycles. The zero-order chi connectivity index (χ0) is 14.7. The maximum absolute atomic E-state index is 11.5. The van der Waals surface area contributed by atoms with Gasteiger partial charge in [-0.25, -0.2) is 4.79 Å². The fourth-order valence-electron chi connectivity index (χ4n) is 1.22. The van der Waals surface area contributed by atoms with E-state index in [9.17, 15) is 4.79 Å². The zero-order valence-electron chi connectivity index (χ0n) is 12.7. The molecular formula is C13H24N2O3Si. The number of nitrogens with one attached hydrogen (secondary N) is 1. The first-order chi connectivity index (χ1) is 8.67. The van der Waals surface area contributed by atoms with Crippen LogP contribution in [0.15, 0.2) is 6.07 Å². The smallest absolute Gasteiger partial charge is 0.358 e. The van der Waals surface area contributed by atoms with Crippen LogP contribution in [0.3, 0.4) is 0 Å². The number of H-pyrrole nitrogens is 1. The van der Waals surface area contributed by atoms with E-state index in [0.717, 1.165) is 5.69 Å². The summed E-state index contributed by atoms with van der Waals surface area (Å²) in [5.74, 6) is -0.405. The summed E-state index contributed by atoms with van der Waals surface area (Å²) in [7, 11) is -1.78. The van der Waals surface area contributed by atoms with Crippen LogP contribution in [0.5, 0.6) is 0 Å². The maximum Gasteiger partial charge on any atom is 0.358 e. The molecule has 0 aliphatic carbocycles. The Hall–Kier alpha value is -1.14. The molecule has 1 aromatic heterocycles. The minimum absolute atomic E-state index is 0.164. The molecule has 1 heterocycles. The van der Waals surface area contributed by atoms with Crippen molar-refractivity contribution in [2.75, 3.05) is 6.61 Å². The molecule has 0 radical (unpaired) electrons. The van der Waals surface area contributed by atoms with E-state index in [1.54, 1.807) is 13.0 Å². The van der Waals surface area contributed by atoms with Crippen molar-refractivity contribution in [3.8, 4) is 0 Å². The summed E-state index contributed by atoms with van der Waals surface area (Å²) in [5, 5.41) is 6.91. The first kappa shape index (κ1) is 15.9. The van der Waals surface area contributed by atoms with Crippen LogP contribution in [0.4, 0.5) is 0 Å². The van der Waals surface area contributed by atoms with Crippen molar-refractivity contribution >= 4 is 14.3 Å². The van der Waals surface area contributed by atoms with Gasteiger partial charge in [0, 0.05) is 0 Å². The Morgan fingerprint density at radius 1 is 1.42 bits per heavy atom. The molecule has 0 amide bonds. The number of aromatic nitrogens is 2. The molecule has 5 nitrogen and oxygen atoms in total. The average Bonchev–Trinajstić information content (AvgIpc) is 2.74. The van der Waals surface area contributed by atoms with Crippen molar-refractivity contribution in [1.82, 2.24) is 10.2 Å². The molecule has 1 aromatic rings. The quantitative estimate of drug-likeness (QED) is 0.666. The van der Waals surface area contributed by atoms with Gasteiger partial charge in [-0.3, -0.25) is 5.10 Å². The average molecular weight is 284 g/mol. The second-order valence-corrected chi connectivity index (χ2v) is 10.9. The van der Waals surface area contributed by atoms with Crippen LogP contribution in [0.2, 0.25) is 18.1 Å². The van der Waals surface area contributed by atoms with Gasteiger partial charge in [-0.2, -0.15) is 5.10 Å². The number of hydrogen-bond donors (Lipinski definition) is 1. The van der Waals surface area contributed by atoms with E-state index in [4.69, 9.17) is 9.16 Å². The highest BCUT2D eigenvalue weighted by Crippen LogP contribution is 2.36. The van der Waals surface area contributed by atoms with E-state index < -0.39 is 14.3 Å². The Bertz CT molecular complexity index is 435. The molecule has 0 aromatic carbocycles. The molecule has 108 valence electrons. The molecule has 0 atom stereocenters. The normalized spacial score (nSPS) is 12.5. The van der Waals surface area contributed by atoms with Crippen LogP contribution in [0.25, 0.3) is 0 Å². The lowest BCUT2D eigenvalue weighted by molar-refractivity contribution is 0.0519. The monoisotopic (exact) mass is 284 g/mol.